The molecule has 0 saturated heterocycles. The predicted octanol–water partition coefficient (Wildman–Crippen LogP) is 1.32. The summed E-state index contributed by atoms with van der Waals surface area (Å²) in [5.74, 6) is -0.338. The van der Waals surface area contributed by atoms with Crippen LogP contribution in [0.25, 0.3) is 0 Å². The van der Waals surface area contributed by atoms with Gasteiger partial charge >= 0.3 is 0 Å². The van der Waals surface area contributed by atoms with Crippen LogP contribution in [0.5, 0.6) is 0 Å². The Labute approximate surface area is 100 Å². The van der Waals surface area contributed by atoms with Crippen LogP contribution in [0.3, 0.4) is 0 Å². The van der Waals surface area contributed by atoms with Gasteiger partial charge in [0.15, 0.2) is 0 Å². The molecule has 0 radical (unpaired) electrons. The quantitative estimate of drug-likeness (QED) is 0.735. The molecule has 0 heterocycles. The Morgan fingerprint density at radius 2 is 1.65 bits per heavy atom. The summed E-state index contributed by atoms with van der Waals surface area (Å²) in [4.78, 5) is 22.3. The highest BCUT2D eigenvalue weighted by Crippen LogP contribution is 2.13. The molecule has 1 unspecified atom stereocenters. The monoisotopic (exact) mass is 235 g/mol. The van der Waals surface area contributed by atoms with E-state index in [1.165, 1.54) is 6.92 Å². The van der Waals surface area contributed by atoms with Crippen LogP contribution in [0, 0.1) is 0 Å². The van der Waals surface area contributed by atoms with Crippen LogP contribution >= 0.6 is 0 Å². The maximum absolute atomic E-state index is 11.5. The largest absolute Gasteiger partial charge is 0.326 e. The molecule has 92 valence electrons. The lowest BCUT2D eigenvalue weighted by atomic mass is 10.2. The highest BCUT2D eigenvalue weighted by molar-refractivity contribution is 5.95. The number of benzene rings is 1. The molecule has 5 heteroatoms. The fraction of sp³-hybridized carbons (Fsp3) is 0.333. The average molecular weight is 235 g/mol. The summed E-state index contributed by atoms with van der Waals surface area (Å²) in [5, 5.41) is 5.34. The molecule has 0 aliphatic heterocycles. The Morgan fingerprint density at radius 3 is 2.06 bits per heavy atom. The SMILES string of the molecule is CCC(N)C(=O)Nc1ccc(NC(C)=O)cc1. The van der Waals surface area contributed by atoms with Gasteiger partial charge in [0.05, 0.1) is 6.04 Å². The molecule has 2 amide bonds. The summed E-state index contributed by atoms with van der Waals surface area (Å²) < 4.78 is 0. The second kappa shape index (κ2) is 6.00. The Bertz CT molecular complexity index is 401. The van der Waals surface area contributed by atoms with Crippen molar-refractivity contribution in [2.24, 2.45) is 5.73 Å². The molecule has 1 aromatic rings. The van der Waals surface area contributed by atoms with E-state index in [4.69, 9.17) is 5.73 Å². The first-order valence-electron chi connectivity index (χ1n) is 5.47. The zero-order valence-corrected chi connectivity index (χ0v) is 9.99. The van der Waals surface area contributed by atoms with Gasteiger partial charge in [0, 0.05) is 18.3 Å². The topological polar surface area (TPSA) is 84.2 Å². The maximum atomic E-state index is 11.5. The number of nitrogens with two attached hydrogens (primary N) is 1. The van der Waals surface area contributed by atoms with Crippen molar-refractivity contribution in [3.63, 3.8) is 0 Å². The second-order valence-electron chi connectivity index (χ2n) is 3.76. The lowest BCUT2D eigenvalue weighted by molar-refractivity contribution is -0.117. The smallest absolute Gasteiger partial charge is 0.241 e. The van der Waals surface area contributed by atoms with Crippen LogP contribution < -0.4 is 16.4 Å². The number of nitrogens with one attached hydrogen (secondary N) is 2. The highest BCUT2D eigenvalue weighted by Gasteiger charge is 2.10. The molecular weight excluding hydrogens is 218 g/mol. The molecular formula is C12H17N3O2. The molecule has 1 aromatic carbocycles. The van der Waals surface area contributed by atoms with E-state index in [0.717, 1.165) is 0 Å². The lowest BCUT2D eigenvalue weighted by Gasteiger charge is -2.10. The van der Waals surface area contributed by atoms with Gasteiger partial charge in [0.2, 0.25) is 11.8 Å². The maximum Gasteiger partial charge on any atom is 0.241 e. The van der Waals surface area contributed by atoms with Crippen molar-refractivity contribution in [1.82, 2.24) is 0 Å². The van der Waals surface area contributed by atoms with Crippen molar-refractivity contribution in [3.8, 4) is 0 Å². The fourth-order valence-corrected chi connectivity index (χ4v) is 1.26. The van der Waals surface area contributed by atoms with Crippen LogP contribution in [0.15, 0.2) is 24.3 Å². The van der Waals surface area contributed by atoms with Gasteiger partial charge in [-0.1, -0.05) is 6.92 Å². The zero-order chi connectivity index (χ0) is 12.8. The standard InChI is InChI=1S/C12H17N3O2/c1-3-11(13)12(17)15-10-6-4-9(5-7-10)14-8(2)16/h4-7,11H,3,13H2,1-2H3,(H,14,16)(H,15,17). The summed E-state index contributed by atoms with van der Waals surface area (Å²) in [7, 11) is 0. The molecule has 4 N–H and O–H groups in total. The van der Waals surface area contributed by atoms with Crippen LogP contribution in [0.4, 0.5) is 11.4 Å². The van der Waals surface area contributed by atoms with Gasteiger partial charge in [-0.05, 0) is 30.7 Å². The van der Waals surface area contributed by atoms with Gasteiger partial charge in [-0.15, -0.1) is 0 Å². The minimum Gasteiger partial charge on any atom is -0.326 e. The molecule has 1 rings (SSSR count). The first-order valence-corrected chi connectivity index (χ1v) is 5.47. The molecule has 0 spiro atoms. The summed E-state index contributed by atoms with van der Waals surface area (Å²) in [5.41, 5.74) is 6.94. The minimum absolute atomic E-state index is 0.130. The Kier molecular flexibility index (Phi) is 4.66. The number of amides is 2. The third-order valence-corrected chi connectivity index (χ3v) is 2.25. The number of carbonyl (C=O) groups excluding carboxylic acids is 2. The molecule has 5 nitrogen and oxygen atoms in total. The normalized spacial score (nSPS) is 11.7. The number of anilines is 2. The van der Waals surface area contributed by atoms with Gasteiger partial charge in [-0.2, -0.15) is 0 Å². The number of carbonyl (C=O) groups is 2. The van der Waals surface area contributed by atoms with Gasteiger partial charge in [0.1, 0.15) is 0 Å². The van der Waals surface area contributed by atoms with E-state index < -0.39 is 6.04 Å². The van der Waals surface area contributed by atoms with Crippen LogP contribution in [-0.4, -0.2) is 17.9 Å². The second-order valence-corrected chi connectivity index (χ2v) is 3.76. The minimum atomic E-state index is -0.495. The number of hydrogen-bond acceptors (Lipinski definition) is 3. The van der Waals surface area contributed by atoms with Crippen molar-refractivity contribution in [2.75, 3.05) is 10.6 Å². The Morgan fingerprint density at radius 1 is 1.18 bits per heavy atom. The third kappa shape index (κ3) is 4.24. The van der Waals surface area contributed by atoms with Gasteiger partial charge in [-0.3, -0.25) is 9.59 Å². The first kappa shape index (κ1) is 13.2. The van der Waals surface area contributed by atoms with Crippen molar-refractivity contribution in [3.05, 3.63) is 24.3 Å². The summed E-state index contributed by atoms with van der Waals surface area (Å²) >= 11 is 0. The van der Waals surface area contributed by atoms with Gasteiger partial charge in [-0.25, -0.2) is 0 Å². The van der Waals surface area contributed by atoms with E-state index in [9.17, 15) is 9.59 Å². The van der Waals surface area contributed by atoms with Gasteiger partial charge in [0.25, 0.3) is 0 Å². The highest BCUT2D eigenvalue weighted by atomic mass is 16.2. The zero-order valence-electron chi connectivity index (χ0n) is 9.99. The van der Waals surface area contributed by atoms with Crippen LogP contribution in [0.2, 0.25) is 0 Å². The molecule has 17 heavy (non-hydrogen) atoms. The third-order valence-electron chi connectivity index (χ3n) is 2.25. The van der Waals surface area contributed by atoms with Crippen LogP contribution in [0.1, 0.15) is 20.3 Å². The molecule has 0 saturated carbocycles. The van der Waals surface area contributed by atoms with Crippen molar-refractivity contribution < 1.29 is 9.59 Å². The van der Waals surface area contributed by atoms with E-state index in [-0.39, 0.29) is 11.8 Å². The van der Waals surface area contributed by atoms with Crippen molar-refractivity contribution in [2.45, 2.75) is 26.3 Å². The summed E-state index contributed by atoms with van der Waals surface area (Å²) in [6, 6.07) is 6.37. The molecule has 0 fully saturated rings. The molecule has 1 atom stereocenters. The van der Waals surface area contributed by atoms with Crippen molar-refractivity contribution in [1.29, 1.82) is 0 Å². The van der Waals surface area contributed by atoms with E-state index in [0.29, 0.717) is 17.8 Å². The molecule has 0 aromatic heterocycles. The molecule has 0 bridgehead atoms. The fourth-order valence-electron chi connectivity index (χ4n) is 1.26. The van der Waals surface area contributed by atoms with Crippen LogP contribution in [-0.2, 0) is 9.59 Å². The van der Waals surface area contributed by atoms with Crippen molar-refractivity contribution >= 4 is 23.2 Å². The average Bonchev–Trinajstić information content (AvgIpc) is 2.30. The Balaban J connectivity index is 2.62. The summed E-state index contributed by atoms with van der Waals surface area (Å²) in [6.45, 7) is 3.29. The van der Waals surface area contributed by atoms with E-state index in [1.54, 1.807) is 24.3 Å². The van der Waals surface area contributed by atoms with E-state index >= 15 is 0 Å². The first-order chi connectivity index (χ1) is 8.02. The van der Waals surface area contributed by atoms with E-state index in [2.05, 4.69) is 10.6 Å². The summed E-state index contributed by atoms with van der Waals surface area (Å²) in [6.07, 6.45) is 0.593. The van der Waals surface area contributed by atoms with E-state index in [1.807, 2.05) is 6.92 Å². The Hall–Kier alpha value is -1.88. The molecule has 0 aliphatic rings. The number of rotatable bonds is 4. The van der Waals surface area contributed by atoms with Gasteiger partial charge < -0.3 is 16.4 Å². The lowest BCUT2D eigenvalue weighted by Crippen LogP contribution is -2.34. The molecule has 0 aliphatic carbocycles. The number of hydrogen-bond donors (Lipinski definition) is 3. The predicted molar refractivity (Wildman–Crippen MR) is 67.6 cm³/mol.